The summed E-state index contributed by atoms with van der Waals surface area (Å²) in [7, 11) is 3.62. The number of anilines is 1. The predicted molar refractivity (Wildman–Crippen MR) is 79.0 cm³/mol. The van der Waals surface area contributed by atoms with Gasteiger partial charge in [0.25, 0.3) is 0 Å². The van der Waals surface area contributed by atoms with Crippen LogP contribution in [0.15, 0.2) is 18.5 Å². The highest BCUT2D eigenvalue weighted by molar-refractivity contribution is 5.78. The molecule has 2 fully saturated rings. The third-order valence-corrected chi connectivity index (χ3v) is 4.51. The molecule has 6 nitrogen and oxygen atoms in total. The summed E-state index contributed by atoms with van der Waals surface area (Å²) in [5.41, 5.74) is -0.123. The van der Waals surface area contributed by atoms with Gasteiger partial charge in [-0.25, -0.2) is 9.97 Å². The van der Waals surface area contributed by atoms with Crippen LogP contribution in [0.1, 0.15) is 19.3 Å². The molecule has 0 bridgehead atoms. The second kappa shape index (κ2) is 5.60. The molecular formula is C15H22N4O2. The molecule has 1 aromatic rings. The number of rotatable bonds is 2. The zero-order valence-corrected chi connectivity index (χ0v) is 12.7. The van der Waals surface area contributed by atoms with Gasteiger partial charge in [0, 0.05) is 39.6 Å². The minimum Gasteiger partial charge on any atom is -0.374 e. The molecule has 3 heterocycles. The molecule has 0 aliphatic carbocycles. The standard InChI is InChI=1S/C15H22N4O2/c1-18(2)13(20)12-10-15(21-11-12)4-8-19(9-5-15)14-16-6-3-7-17-14/h3,6-7,12H,4-5,8-11H2,1-2H3. The number of ether oxygens (including phenoxy) is 1. The molecule has 1 unspecified atom stereocenters. The Bertz CT molecular complexity index is 498. The second-order valence-electron chi connectivity index (χ2n) is 6.16. The maximum atomic E-state index is 12.1. The van der Waals surface area contributed by atoms with E-state index in [2.05, 4.69) is 14.9 Å². The zero-order valence-electron chi connectivity index (χ0n) is 12.7. The van der Waals surface area contributed by atoms with Gasteiger partial charge in [-0.2, -0.15) is 0 Å². The molecule has 114 valence electrons. The molecule has 6 heteroatoms. The lowest BCUT2D eigenvalue weighted by Crippen LogP contribution is -2.45. The summed E-state index contributed by atoms with van der Waals surface area (Å²) in [6.07, 6.45) is 6.24. The summed E-state index contributed by atoms with van der Waals surface area (Å²) in [6, 6.07) is 1.83. The third-order valence-electron chi connectivity index (χ3n) is 4.51. The van der Waals surface area contributed by atoms with Crippen LogP contribution < -0.4 is 4.90 Å². The fraction of sp³-hybridized carbons (Fsp3) is 0.667. The van der Waals surface area contributed by atoms with Gasteiger partial charge in [-0.1, -0.05) is 0 Å². The highest BCUT2D eigenvalue weighted by Crippen LogP contribution is 2.39. The van der Waals surface area contributed by atoms with Gasteiger partial charge in [-0.05, 0) is 25.3 Å². The Morgan fingerprint density at radius 2 is 2.00 bits per heavy atom. The summed E-state index contributed by atoms with van der Waals surface area (Å²) in [5, 5.41) is 0. The molecule has 1 aromatic heterocycles. The van der Waals surface area contributed by atoms with Crippen molar-refractivity contribution in [2.24, 2.45) is 5.92 Å². The smallest absolute Gasteiger partial charge is 0.227 e. The lowest BCUT2D eigenvalue weighted by molar-refractivity contribution is -0.132. The molecule has 1 atom stereocenters. The number of hydrogen-bond acceptors (Lipinski definition) is 5. The van der Waals surface area contributed by atoms with E-state index in [0.29, 0.717) is 6.61 Å². The first kappa shape index (κ1) is 14.3. The van der Waals surface area contributed by atoms with Crippen LogP contribution in [-0.4, -0.2) is 60.2 Å². The number of piperidine rings is 1. The Morgan fingerprint density at radius 3 is 2.62 bits per heavy atom. The molecule has 2 aliphatic rings. The van der Waals surface area contributed by atoms with Crippen LogP contribution in [0.3, 0.4) is 0 Å². The first-order valence-electron chi connectivity index (χ1n) is 7.47. The zero-order chi connectivity index (χ0) is 14.9. The van der Waals surface area contributed by atoms with E-state index < -0.39 is 0 Å². The van der Waals surface area contributed by atoms with Gasteiger partial charge in [0.2, 0.25) is 11.9 Å². The summed E-state index contributed by atoms with van der Waals surface area (Å²) >= 11 is 0. The van der Waals surface area contributed by atoms with Crippen molar-refractivity contribution in [3.05, 3.63) is 18.5 Å². The van der Waals surface area contributed by atoms with Crippen molar-refractivity contribution in [1.82, 2.24) is 14.9 Å². The van der Waals surface area contributed by atoms with E-state index in [9.17, 15) is 4.79 Å². The highest BCUT2D eigenvalue weighted by atomic mass is 16.5. The highest BCUT2D eigenvalue weighted by Gasteiger charge is 2.45. The Balaban J connectivity index is 1.60. The Morgan fingerprint density at radius 1 is 1.33 bits per heavy atom. The summed E-state index contributed by atoms with van der Waals surface area (Å²) in [4.78, 5) is 24.5. The Kier molecular flexibility index (Phi) is 3.80. The minimum absolute atomic E-state index is 0.0134. The average Bonchev–Trinajstić information content (AvgIpc) is 2.92. The van der Waals surface area contributed by atoms with Crippen LogP contribution in [-0.2, 0) is 9.53 Å². The summed E-state index contributed by atoms with van der Waals surface area (Å²) in [5.74, 6) is 0.978. The van der Waals surface area contributed by atoms with Crippen LogP contribution >= 0.6 is 0 Å². The van der Waals surface area contributed by atoms with E-state index in [1.165, 1.54) is 0 Å². The fourth-order valence-electron chi connectivity index (χ4n) is 3.29. The lowest BCUT2D eigenvalue weighted by Gasteiger charge is -2.38. The molecule has 0 radical (unpaired) electrons. The van der Waals surface area contributed by atoms with E-state index in [0.717, 1.165) is 38.3 Å². The molecular weight excluding hydrogens is 268 g/mol. The van der Waals surface area contributed by atoms with Crippen LogP contribution in [0.2, 0.25) is 0 Å². The number of hydrogen-bond donors (Lipinski definition) is 0. The van der Waals surface area contributed by atoms with E-state index in [1.54, 1.807) is 17.3 Å². The topological polar surface area (TPSA) is 58.6 Å². The van der Waals surface area contributed by atoms with Gasteiger partial charge in [-0.15, -0.1) is 0 Å². The number of aromatic nitrogens is 2. The van der Waals surface area contributed by atoms with Crippen LogP contribution in [0.4, 0.5) is 5.95 Å². The molecule has 1 amide bonds. The lowest BCUT2D eigenvalue weighted by atomic mass is 9.85. The predicted octanol–water partition coefficient (Wildman–Crippen LogP) is 0.940. The van der Waals surface area contributed by atoms with Crippen molar-refractivity contribution in [2.45, 2.75) is 24.9 Å². The molecule has 3 rings (SSSR count). The quantitative estimate of drug-likeness (QED) is 0.811. The maximum absolute atomic E-state index is 12.1. The van der Waals surface area contributed by atoms with Gasteiger partial charge in [0.15, 0.2) is 0 Å². The first-order chi connectivity index (χ1) is 10.1. The monoisotopic (exact) mass is 290 g/mol. The second-order valence-corrected chi connectivity index (χ2v) is 6.16. The van der Waals surface area contributed by atoms with Gasteiger partial charge in [0.1, 0.15) is 0 Å². The van der Waals surface area contributed by atoms with Crippen molar-refractivity contribution in [3.63, 3.8) is 0 Å². The molecule has 2 saturated heterocycles. The van der Waals surface area contributed by atoms with Crippen LogP contribution in [0.5, 0.6) is 0 Å². The number of amides is 1. The van der Waals surface area contributed by atoms with Crippen molar-refractivity contribution in [2.75, 3.05) is 38.7 Å². The van der Waals surface area contributed by atoms with Gasteiger partial charge in [0.05, 0.1) is 18.1 Å². The minimum atomic E-state index is -0.123. The number of carbonyl (C=O) groups is 1. The van der Waals surface area contributed by atoms with E-state index in [4.69, 9.17) is 4.74 Å². The van der Waals surface area contributed by atoms with Crippen molar-refractivity contribution >= 4 is 11.9 Å². The fourth-order valence-corrected chi connectivity index (χ4v) is 3.29. The van der Waals surface area contributed by atoms with Crippen LogP contribution in [0, 0.1) is 5.92 Å². The van der Waals surface area contributed by atoms with Crippen molar-refractivity contribution in [3.8, 4) is 0 Å². The molecule has 1 spiro atoms. The van der Waals surface area contributed by atoms with Gasteiger partial charge < -0.3 is 14.5 Å². The number of nitrogens with zero attached hydrogens (tertiary/aromatic N) is 4. The van der Waals surface area contributed by atoms with E-state index in [1.807, 2.05) is 20.2 Å². The van der Waals surface area contributed by atoms with Gasteiger partial charge >= 0.3 is 0 Å². The van der Waals surface area contributed by atoms with Crippen molar-refractivity contribution in [1.29, 1.82) is 0 Å². The van der Waals surface area contributed by atoms with Gasteiger partial charge in [-0.3, -0.25) is 4.79 Å². The summed E-state index contributed by atoms with van der Waals surface area (Å²) in [6.45, 7) is 2.32. The molecule has 21 heavy (non-hydrogen) atoms. The van der Waals surface area contributed by atoms with E-state index >= 15 is 0 Å². The maximum Gasteiger partial charge on any atom is 0.227 e. The van der Waals surface area contributed by atoms with Crippen molar-refractivity contribution < 1.29 is 9.53 Å². The molecule has 0 N–H and O–H groups in total. The third kappa shape index (κ3) is 2.85. The SMILES string of the molecule is CN(C)C(=O)C1COC2(CCN(c3ncccn3)CC2)C1. The normalized spacial score (nSPS) is 24.3. The molecule has 0 saturated carbocycles. The molecule has 0 aromatic carbocycles. The van der Waals surface area contributed by atoms with E-state index in [-0.39, 0.29) is 17.4 Å². The van der Waals surface area contributed by atoms with Crippen LogP contribution in [0.25, 0.3) is 0 Å². The average molecular weight is 290 g/mol. The largest absolute Gasteiger partial charge is 0.374 e. The summed E-state index contributed by atoms with van der Waals surface area (Å²) < 4.78 is 6.03. The Labute approximate surface area is 125 Å². The first-order valence-corrected chi connectivity index (χ1v) is 7.47. The number of carbonyl (C=O) groups excluding carboxylic acids is 1. The Hall–Kier alpha value is -1.69. The molecule has 2 aliphatic heterocycles.